The Bertz CT molecular complexity index is 596. The zero-order valence-corrected chi connectivity index (χ0v) is 24.4. The number of hydrogen-bond acceptors (Lipinski definition) is 3. The molecular weight excluding hydrogens is 446 g/mol. The Morgan fingerprint density at radius 2 is 1.19 bits per heavy atom. The average Bonchev–Trinajstić information content (AvgIpc) is 2.85. The minimum Gasteiger partial charge on any atom is -0.491 e. The fourth-order valence-corrected chi connectivity index (χ4v) is 4.53. The summed E-state index contributed by atoms with van der Waals surface area (Å²) in [6, 6.07) is 8.30. The van der Waals surface area contributed by atoms with Crippen LogP contribution in [0, 0.1) is 0 Å². The Morgan fingerprint density at radius 3 is 1.72 bits per heavy atom. The second-order valence-corrected chi connectivity index (χ2v) is 11.8. The molecule has 0 amide bonds. The van der Waals surface area contributed by atoms with Crippen molar-refractivity contribution in [2.75, 3.05) is 47.5 Å². The van der Waals surface area contributed by atoms with Crippen LogP contribution in [-0.4, -0.2) is 63.2 Å². The zero-order valence-electron chi connectivity index (χ0n) is 24.4. The van der Waals surface area contributed by atoms with Crippen LogP contribution in [0.2, 0.25) is 0 Å². The van der Waals surface area contributed by atoms with Crippen molar-refractivity contribution in [2.24, 2.45) is 0 Å². The number of aliphatic hydroxyl groups excluding tert-OH is 1. The van der Waals surface area contributed by atoms with Crippen LogP contribution in [-0.2, 0) is 11.2 Å². The van der Waals surface area contributed by atoms with Crippen molar-refractivity contribution in [3.05, 3.63) is 29.8 Å². The minimum absolute atomic E-state index is 0.279. The molecule has 1 unspecified atom stereocenters. The van der Waals surface area contributed by atoms with Gasteiger partial charge in [-0.25, -0.2) is 0 Å². The number of unbranched alkanes of at least 4 members (excludes halogenated alkanes) is 14. The van der Waals surface area contributed by atoms with Gasteiger partial charge in [-0.1, -0.05) is 103 Å². The van der Waals surface area contributed by atoms with Crippen molar-refractivity contribution in [3.8, 4) is 5.75 Å². The van der Waals surface area contributed by atoms with Crippen molar-refractivity contribution < 1.29 is 19.1 Å². The molecule has 0 heterocycles. The lowest BCUT2D eigenvalue weighted by atomic mass is 10.0. The maximum atomic E-state index is 10.1. The zero-order chi connectivity index (χ0) is 26.3. The van der Waals surface area contributed by atoms with Crippen LogP contribution in [0.5, 0.6) is 5.75 Å². The van der Waals surface area contributed by atoms with E-state index in [-0.39, 0.29) is 6.61 Å². The number of quaternary nitrogens is 1. The maximum absolute atomic E-state index is 10.1. The number of hydrogen-bond donors (Lipinski definition) is 1. The van der Waals surface area contributed by atoms with Gasteiger partial charge < -0.3 is 19.1 Å². The number of nitrogens with zero attached hydrogens (tertiary/aromatic N) is 1. The van der Waals surface area contributed by atoms with Crippen molar-refractivity contribution in [1.82, 2.24) is 0 Å². The predicted octanol–water partition coefficient (Wildman–Crippen LogP) is 7.95. The van der Waals surface area contributed by atoms with Crippen LogP contribution >= 0.6 is 0 Å². The van der Waals surface area contributed by atoms with Crippen LogP contribution < -0.4 is 4.74 Å². The molecule has 0 spiro atoms. The normalized spacial score (nSPS) is 12.7. The fraction of sp³-hybridized carbons (Fsp3) is 0.812. The van der Waals surface area contributed by atoms with Crippen LogP contribution in [0.25, 0.3) is 0 Å². The van der Waals surface area contributed by atoms with Gasteiger partial charge in [0.1, 0.15) is 18.5 Å². The van der Waals surface area contributed by atoms with Gasteiger partial charge >= 0.3 is 0 Å². The molecular formula is C32H60NO3+. The van der Waals surface area contributed by atoms with Gasteiger partial charge in [-0.2, -0.15) is 0 Å². The maximum Gasteiger partial charge on any atom is 0.119 e. The number of aryl methyl sites for hydroxylation is 1. The second-order valence-electron chi connectivity index (χ2n) is 11.8. The van der Waals surface area contributed by atoms with Crippen molar-refractivity contribution >= 4 is 0 Å². The lowest BCUT2D eigenvalue weighted by Gasteiger charge is -2.23. The van der Waals surface area contributed by atoms with Crippen molar-refractivity contribution in [1.29, 1.82) is 0 Å². The summed E-state index contributed by atoms with van der Waals surface area (Å²) in [6.07, 6.45) is 22.1. The molecule has 4 nitrogen and oxygen atoms in total. The lowest BCUT2D eigenvalue weighted by molar-refractivity contribution is -0.870. The molecule has 0 aliphatic heterocycles. The SMILES string of the molecule is CCCCCCCCCCCCCCCCOCC(O)COc1ccc(CCCC[N+](C)(C)C)cc1. The fourth-order valence-electron chi connectivity index (χ4n) is 4.53. The van der Waals surface area contributed by atoms with Gasteiger partial charge in [-0.15, -0.1) is 0 Å². The van der Waals surface area contributed by atoms with Gasteiger partial charge in [0.15, 0.2) is 0 Å². The van der Waals surface area contributed by atoms with E-state index in [0.717, 1.165) is 29.7 Å². The summed E-state index contributed by atoms with van der Waals surface area (Å²) in [5, 5.41) is 10.1. The van der Waals surface area contributed by atoms with Gasteiger partial charge in [0.2, 0.25) is 0 Å². The third-order valence-corrected chi connectivity index (χ3v) is 6.86. The summed E-state index contributed by atoms with van der Waals surface area (Å²) in [6.45, 7) is 4.85. The van der Waals surface area contributed by atoms with E-state index in [1.165, 1.54) is 108 Å². The molecule has 1 aromatic rings. The first kappa shape index (κ1) is 32.9. The van der Waals surface area contributed by atoms with E-state index in [4.69, 9.17) is 9.47 Å². The molecule has 0 radical (unpaired) electrons. The molecule has 0 fully saturated rings. The molecule has 0 saturated heterocycles. The summed E-state index contributed by atoms with van der Waals surface area (Å²) in [4.78, 5) is 0. The van der Waals surface area contributed by atoms with E-state index >= 15 is 0 Å². The first-order valence-electron chi connectivity index (χ1n) is 15.2. The minimum atomic E-state index is -0.577. The molecule has 1 N–H and O–H groups in total. The summed E-state index contributed by atoms with van der Waals surface area (Å²) in [5.74, 6) is 0.816. The summed E-state index contributed by atoms with van der Waals surface area (Å²) in [5.41, 5.74) is 1.35. The van der Waals surface area contributed by atoms with Crippen LogP contribution in [0.15, 0.2) is 24.3 Å². The van der Waals surface area contributed by atoms with E-state index in [2.05, 4.69) is 40.2 Å². The van der Waals surface area contributed by atoms with Crippen LogP contribution in [0.4, 0.5) is 0 Å². The highest BCUT2D eigenvalue weighted by Gasteiger charge is 2.07. The molecule has 1 aromatic carbocycles. The molecule has 4 heteroatoms. The third kappa shape index (κ3) is 21.0. The van der Waals surface area contributed by atoms with E-state index in [1.54, 1.807) is 0 Å². The Balaban J connectivity index is 1.90. The van der Waals surface area contributed by atoms with E-state index in [9.17, 15) is 5.11 Å². The number of aliphatic hydroxyl groups is 1. The van der Waals surface area contributed by atoms with E-state index in [0.29, 0.717) is 6.61 Å². The summed E-state index contributed by atoms with van der Waals surface area (Å²) >= 11 is 0. The lowest BCUT2D eigenvalue weighted by Crippen LogP contribution is -2.35. The topological polar surface area (TPSA) is 38.7 Å². The largest absolute Gasteiger partial charge is 0.491 e. The van der Waals surface area contributed by atoms with E-state index < -0.39 is 6.10 Å². The molecule has 0 saturated carbocycles. The van der Waals surface area contributed by atoms with Gasteiger partial charge in [0.05, 0.1) is 34.3 Å². The monoisotopic (exact) mass is 506 g/mol. The molecule has 0 aromatic heterocycles. The molecule has 0 aliphatic rings. The van der Waals surface area contributed by atoms with Gasteiger partial charge in [-0.3, -0.25) is 0 Å². The molecule has 36 heavy (non-hydrogen) atoms. The Morgan fingerprint density at radius 1 is 0.667 bits per heavy atom. The average molecular weight is 507 g/mol. The third-order valence-electron chi connectivity index (χ3n) is 6.86. The Kier molecular flexibility index (Phi) is 20.1. The first-order valence-corrected chi connectivity index (χ1v) is 15.2. The highest BCUT2D eigenvalue weighted by molar-refractivity contribution is 5.27. The molecule has 0 aliphatic carbocycles. The first-order chi connectivity index (χ1) is 17.4. The predicted molar refractivity (Wildman–Crippen MR) is 155 cm³/mol. The van der Waals surface area contributed by atoms with Gasteiger partial charge in [0.25, 0.3) is 0 Å². The number of ether oxygens (including phenoxy) is 2. The Hall–Kier alpha value is -1.10. The number of benzene rings is 1. The second kappa shape index (κ2) is 21.9. The van der Waals surface area contributed by atoms with E-state index in [1.807, 2.05) is 12.1 Å². The molecule has 1 atom stereocenters. The van der Waals surface area contributed by atoms with Gasteiger partial charge in [0, 0.05) is 6.61 Å². The Labute approximate surface area is 224 Å². The smallest absolute Gasteiger partial charge is 0.119 e. The standard InChI is InChI=1S/C32H60NO3/c1-5-6-7-8-9-10-11-12-13-14-15-16-17-20-27-35-28-31(34)29-36-32-24-22-30(23-25-32)21-18-19-26-33(2,3)4/h22-25,31,34H,5-21,26-29H2,1-4H3/q+1. The van der Waals surface area contributed by atoms with Gasteiger partial charge in [-0.05, 0) is 43.4 Å². The molecule has 0 bridgehead atoms. The highest BCUT2D eigenvalue weighted by atomic mass is 16.5. The van der Waals surface area contributed by atoms with Crippen molar-refractivity contribution in [3.63, 3.8) is 0 Å². The van der Waals surface area contributed by atoms with Crippen LogP contribution in [0.3, 0.4) is 0 Å². The molecule has 1 rings (SSSR count). The summed E-state index contributed by atoms with van der Waals surface area (Å²) < 4.78 is 12.4. The summed E-state index contributed by atoms with van der Waals surface area (Å²) in [7, 11) is 6.73. The number of rotatable bonds is 25. The van der Waals surface area contributed by atoms with Crippen molar-refractivity contribution in [2.45, 2.75) is 122 Å². The highest BCUT2D eigenvalue weighted by Crippen LogP contribution is 2.15. The molecule has 210 valence electrons. The quantitative estimate of drug-likeness (QED) is 0.108. The van der Waals surface area contributed by atoms with Crippen LogP contribution in [0.1, 0.15) is 115 Å².